The van der Waals surface area contributed by atoms with Crippen molar-refractivity contribution in [2.24, 2.45) is 0 Å². The molecule has 1 atom stereocenters. The fraction of sp³-hybridized carbons (Fsp3) is 0.831. The van der Waals surface area contributed by atoms with Crippen LogP contribution in [0.15, 0.2) is 48.6 Å². The molecule has 414 valence electrons. The second-order valence-electron chi connectivity index (χ2n) is 21.0. The monoisotopic (exact) mass is 995 g/mol. The Bertz CT molecular complexity index is 1230. The lowest BCUT2D eigenvalue weighted by Gasteiger charge is -2.18. The molecule has 0 saturated carbocycles. The molecule has 0 unspecified atom stereocenters. The third kappa shape index (κ3) is 58.1. The summed E-state index contributed by atoms with van der Waals surface area (Å²) in [6, 6.07) is 0. The van der Waals surface area contributed by atoms with E-state index in [0.717, 1.165) is 83.5 Å². The maximum atomic E-state index is 12.9. The summed E-state index contributed by atoms with van der Waals surface area (Å²) in [5.41, 5.74) is 0. The topological polar surface area (TPSA) is 78.9 Å². The van der Waals surface area contributed by atoms with Crippen LogP contribution in [0.4, 0.5) is 0 Å². The number of ether oxygens (including phenoxy) is 3. The predicted molar refractivity (Wildman–Crippen MR) is 307 cm³/mol. The van der Waals surface area contributed by atoms with E-state index in [0.29, 0.717) is 19.3 Å². The van der Waals surface area contributed by atoms with Crippen LogP contribution in [0.5, 0.6) is 0 Å². The van der Waals surface area contributed by atoms with Gasteiger partial charge in [-0.1, -0.05) is 294 Å². The lowest BCUT2D eigenvalue weighted by Crippen LogP contribution is -2.30. The Morgan fingerprint density at radius 1 is 0.282 bits per heavy atom. The number of hydrogen-bond donors (Lipinski definition) is 0. The molecule has 6 nitrogen and oxygen atoms in total. The molecule has 0 aromatic carbocycles. The molecular formula is C65H118O6. The highest BCUT2D eigenvalue weighted by molar-refractivity contribution is 5.71. The Morgan fingerprint density at radius 3 is 0.817 bits per heavy atom. The maximum absolute atomic E-state index is 12.9. The van der Waals surface area contributed by atoms with E-state index in [1.807, 2.05) is 0 Å². The minimum atomic E-state index is -0.783. The number of unbranched alkanes of at least 4 members (excludes halogenated alkanes) is 38. The molecule has 0 aromatic rings. The molecule has 0 aromatic heterocycles. The average Bonchev–Trinajstić information content (AvgIpc) is 3.37. The Kier molecular flexibility index (Phi) is 57.7. The molecule has 71 heavy (non-hydrogen) atoms. The van der Waals surface area contributed by atoms with Gasteiger partial charge in [0.25, 0.3) is 0 Å². The number of rotatable bonds is 57. The fourth-order valence-electron chi connectivity index (χ4n) is 9.13. The van der Waals surface area contributed by atoms with Gasteiger partial charge < -0.3 is 14.2 Å². The van der Waals surface area contributed by atoms with Crippen LogP contribution in [0, 0.1) is 0 Å². The van der Waals surface area contributed by atoms with Gasteiger partial charge in [0.2, 0.25) is 0 Å². The molecule has 0 fully saturated rings. The highest BCUT2D eigenvalue weighted by Gasteiger charge is 2.19. The fourth-order valence-corrected chi connectivity index (χ4v) is 9.13. The van der Waals surface area contributed by atoms with Gasteiger partial charge >= 0.3 is 17.9 Å². The molecule has 0 radical (unpaired) electrons. The first kappa shape index (κ1) is 68.4. The van der Waals surface area contributed by atoms with Crippen molar-refractivity contribution < 1.29 is 28.6 Å². The molecule has 0 heterocycles. The lowest BCUT2D eigenvalue weighted by atomic mass is 10.0. The van der Waals surface area contributed by atoms with Crippen LogP contribution in [0.3, 0.4) is 0 Å². The van der Waals surface area contributed by atoms with Gasteiger partial charge in [0, 0.05) is 19.3 Å². The van der Waals surface area contributed by atoms with E-state index in [1.165, 1.54) is 205 Å². The summed E-state index contributed by atoms with van der Waals surface area (Å²) in [6.07, 6.45) is 73.9. The highest BCUT2D eigenvalue weighted by atomic mass is 16.6. The van der Waals surface area contributed by atoms with Crippen molar-refractivity contribution in [2.45, 2.75) is 335 Å². The quantitative estimate of drug-likeness (QED) is 0.0261. The summed E-state index contributed by atoms with van der Waals surface area (Å²) in [5, 5.41) is 0. The molecule has 0 bridgehead atoms. The van der Waals surface area contributed by atoms with Crippen molar-refractivity contribution in [1.82, 2.24) is 0 Å². The van der Waals surface area contributed by atoms with Crippen molar-refractivity contribution in [1.29, 1.82) is 0 Å². The average molecular weight is 996 g/mol. The summed E-state index contributed by atoms with van der Waals surface area (Å²) in [7, 11) is 0. The number of carbonyl (C=O) groups excluding carboxylic acids is 3. The first-order valence-corrected chi connectivity index (χ1v) is 31.1. The number of esters is 3. The summed E-state index contributed by atoms with van der Waals surface area (Å²) in [6.45, 7) is 6.64. The zero-order chi connectivity index (χ0) is 51.4. The first-order chi connectivity index (χ1) is 35.0. The van der Waals surface area contributed by atoms with E-state index in [1.54, 1.807) is 0 Å². The van der Waals surface area contributed by atoms with Gasteiger partial charge in [0.1, 0.15) is 13.2 Å². The summed E-state index contributed by atoms with van der Waals surface area (Å²) < 4.78 is 16.9. The molecule has 0 aliphatic carbocycles. The minimum absolute atomic E-state index is 0.0784. The molecular weight excluding hydrogens is 877 g/mol. The number of allylic oxidation sites excluding steroid dienone is 8. The van der Waals surface area contributed by atoms with E-state index >= 15 is 0 Å². The molecule has 0 amide bonds. The van der Waals surface area contributed by atoms with Gasteiger partial charge in [-0.25, -0.2) is 0 Å². The summed E-state index contributed by atoms with van der Waals surface area (Å²) in [5.74, 6) is -0.888. The standard InChI is InChI=1S/C65H118O6/c1-4-7-10-13-16-19-22-25-28-31-32-35-37-40-43-46-49-52-55-58-64(67)70-61-62(71-65(68)59-56-53-50-47-44-41-38-34-30-27-24-21-18-15-12-9-6-3)60-69-63(66)57-54-51-48-45-42-39-36-33-29-26-23-20-17-14-11-8-5-2/h16,19,25,28,32,35,40,43,62H,4-15,17-18,20-24,26-27,29-31,33-34,36-39,41-42,44-61H2,1-3H3/b19-16-,28-25-,35-32-,43-40-/t62-/m0/s1. The van der Waals surface area contributed by atoms with Gasteiger partial charge in [-0.2, -0.15) is 0 Å². The van der Waals surface area contributed by atoms with Crippen LogP contribution in [-0.2, 0) is 28.6 Å². The van der Waals surface area contributed by atoms with Crippen molar-refractivity contribution in [3.8, 4) is 0 Å². The summed E-state index contributed by atoms with van der Waals surface area (Å²) >= 11 is 0. The van der Waals surface area contributed by atoms with E-state index in [-0.39, 0.29) is 31.1 Å². The van der Waals surface area contributed by atoms with Gasteiger partial charge in [-0.05, 0) is 64.2 Å². The zero-order valence-corrected chi connectivity index (χ0v) is 47.5. The maximum Gasteiger partial charge on any atom is 0.306 e. The first-order valence-electron chi connectivity index (χ1n) is 31.1. The van der Waals surface area contributed by atoms with E-state index in [2.05, 4.69) is 69.4 Å². The van der Waals surface area contributed by atoms with Crippen molar-refractivity contribution in [3.05, 3.63) is 48.6 Å². The van der Waals surface area contributed by atoms with Crippen molar-refractivity contribution in [2.75, 3.05) is 13.2 Å². The van der Waals surface area contributed by atoms with E-state index in [9.17, 15) is 14.4 Å². The predicted octanol–water partition coefficient (Wildman–Crippen LogP) is 21.0. The normalized spacial score (nSPS) is 12.3. The number of carbonyl (C=O) groups is 3. The second-order valence-corrected chi connectivity index (χ2v) is 21.0. The van der Waals surface area contributed by atoms with E-state index in [4.69, 9.17) is 14.2 Å². The van der Waals surface area contributed by atoms with Crippen LogP contribution in [0.25, 0.3) is 0 Å². The van der Waals surface area contributed by atoms with Crippen LogP contribution in [0.1, 0.15) is 329 Å². The molecule has 0 rings (SSSR count). The third-order valence-corrected chi connectivity index (χ3v) is 13.8. The van der Waals surface area contributed by atoms with Gasteiger partial charge in [-0.15, -0.1) is 0 Å². The van der Waals surface area contributed by atoms with Crippen molar-refractivity contribution in [3.63, 3.8) is 0 Å². The summed E-state index contributed by atoms with van der Waals surface area (Å²) in [4.78, 5) is 38.3. The van der Waals surface area contributed by atoms with Gasteiger partial charge in [0.15, 0.2) is 6.10 Å². The highest BCUT2D eigenvalue weighted by Crippen LogP contribution is 2.17. The van der Waals surface area contributed by atoms with Gasteiger partial charge in [0.05, 0.1) is 0 Å². The third-order valence-electron chi connectivity index (χ3n) is 13.8. The Labute approximate surface area is 441 Å². The Balaban J connectivity index is 4.39. The molecule has 0 aliphatic heterocycles. The smallest absolute Gasteiger partial charge is 0.306 e. The Morgan fingerprint density at radius 2 is 0.507 bits per heavy atom. The van der Waals surface area contributed by atoms with Crippen LogP contribution < -0.4 is 0 Å². The lowest BCUT2D eigenvalue weighted by molar-refractivity contribution is -0.167. The van der Waals surface area contributed by atoms with Crippen molar-refractivity contribution >= 4 is 17.9 Å². The molecule has 6 heteroatoms. The van der Waals surface area contributed by atoms with Crippen LogP contribution in [-0.4, -0.2) is 37.2 Å². The molecule has 0 N–H and O–H groups in total. The Hall–Kier alpha value is -2.63. The van der Waals surface area contributed by atoms with E-state index < -0.39 is 6.10 Å². The van der Waals surface area contributed by atoms with Crippen LogP contribution >= 0.6 is 0 Å². The minimum Gasteiger partial charge on any atom is -0.462 e. The largest absolute Gasteiger partial charge is 0.462 e. The van der Waals surface area contributed by atoms with Crippen LogP contribution in [0.2, 0.25) is 0 Å². The number of hydrogen-bond acceptors (Lipinski definition) is 6. The van der Waals surface area contributed by atoms with Gasteiger partial charge in [-0.3, -0.25) is 14.4 Å². The molecule has 0 spiro atoms. The molecule has 0 saturated heterocycles. The molecule has 0 aliphatic rings. The zero-order valence-electron chi connectivity index (χ0n) is 47.5. The SMILES string of the molecule is CCCCC/C=C\C/C=C\C/C=C\C/C=C\CCCCCC(=O)OC[C@H](COC(=O)CCCCCCCCCCCCCCCCCCC)OC(=O)CCCCCCCCCCCCCCCCCCC. The second kappa shape index (κ2) is 59.9.